The van der Waals surface area contributed by atoms with E-state index in [0.717, 1.165) is 4.90 Å². The summed E-state index contributed by atoms with van der Waals surface area (Å²) in [7, 11) is 0. The molecule has 0 aliphatic heterocycles. The molecular weight excluding hydrogens is 439 g/mol. The van der Waals surface area contributed by atoms with Gasteiger partial charge in [0.25, 0.3) is 0 Å². The zero-order chi connectivity index (χ0) is 22.3. The summed E-state index contributed by atoms with van der Waals surface area (Å²) in [6.07, 6.45) is 0.305. The Labute approximate surface area is 193 Å². The minimum atomic E-state index is -0.642. The van der Waals surface area contributed by atoms with Crippen molar-refractivity contribution in [2.24, 2.45) is 0 Å². The smallest absolute Gasteiger partial charge is 0.242 e. The lowest BCUT2D eigenvalue weighted by Gasteiger charge is -2.30. The Morgan fingerprint density at radius 3 is 2.20 bits per heavy atom. The minimum Gasteiger partial charge on any atom is -0.352 e. The number of amides is 2. The van der Waals surface area contributed by atoms with Crippen molar-refractivity contribution >= 4 is 46.8 Å². The van der Waals surface area contributed by atoms with Crippen molar-refractivity contribution < 1.29 is 9.59 Å². The number of thioether (sulfide) groups is 1. The fourth-order valence-corrected chi connectivity index (χ4v) is 4.23. The molecule has 7 heteroatoms. The van der Waals surface area contributed by atoms with Crippen molar-refractivity contribution in [3.63, 3.8) is 0 Å². The third kappa shape index (κ3) is 7.22. The van der Waals surface area contributed by atoms with Gasteiger partial charge in [-0.2, -0.15) is 0 Å². The van der Waals surface area contributed by atoms with E-state index in [1.165, 1.54) is 5.56 Å². The van der Waals surface area contributed by atoms with Crippen LogP contribution in [0.4, 0.5) is 0 Å². The number of hydrogen-bond donors (Lipinski definition) is 1. The maximum atomic E-state index is 13.1. The predicted molar refractivity (Wildman–Crippen MR) is 126 cm³/mol. The van der Waals surface area contributed by atoms with Crippen LogP contribution in [0, 0.1) is 6.92 Å². The molecule has 0 radical (unpaired) electrons. The van der Waals surface area contributed by atoms with Gasteiger partial charge in [0.05, 0.1) is 0 Å². The first-order chi connectivity index (χ1) is 14.2. The second-order valence-electron chi connectivity index (χ2n) is 7.47. The van der Waals surface area contributed by atoms with E-state index in [1.54, 1.807) is 41.8 Å². The fraction of sp³-hybridized carbons (Fsp3) is 0.391. The summed E-state index contributed by atoms with van der Waals surface area (Å²) in [5.41, 5.74) is 1.84. The molecule has 1 N–H and O–H groups in total. The second kappa shape index (κ2) is 11.6. The van der Waals surface area contributed by atoms with E-state index in [0.29, 0.717) is 27.8 Å². The van der Waals surface area contributed by atoms with Gasteiger partial charge in [-0.1, -0.05) is 47.0 Å². The molecule has 2 rings (SSSR count). The van der Waals surface area contributed by atoms with Crippen LogP contribution in [0.2, 0.25) is 10.0 Å². The van der Waals surface area contributed by atoms with E-state index in [9.17, 15) is 9.59 Å². The number of hydrogen-bond acceptors (Lipinski definition) is 3. The van der Waals surface area contributed by atoms with Crippen molar-refractivity contribution in [2.75, 3.05) is 5.75 Å². The van der Waals surface area contributed by atoms with Crippen LogP contribution >= 0.6 is 35.0 Å². The summed E-state index contributed by atoms with van der Waals surface area (Å²) in [6.45, 7) is 7.73. The lowest BCUT2D eigenvalue weighted by Crippen LogP contribution is -2.49. The highest BCUT2D eigenvalue weighted by molar-refractivity contribution is 7.99. The lowest BCUT2D eigenvalue weighted by atomic mass is 10.1. The number of aryl methyl sites for hydroxylation is 1. The summed E-state index contributed by atoms with van der Waals surface area (Å²) < 4.78 is 0. The molecule has 0 fully saturated rings. The molecule has 1 atom stereocenters. The summed E-state index contributed by atoms with van der Waals surface area (Å²) in [6, 6.07) is 12.8. The molecule has 0 heterocycles. The van der Waals surface area contributed by atoms with Crippen molar-refractivity contribution in [1.82, 2.24) is 10.2 Å². The van der Waals surface area contributed by atoms with Gasteiger partial charge >= 0.3 is 0 Å². The average Bonchev–Trinajstić information content (AvgIpc) is 2.68. The number of rotatable bonds is 9. The van der Waals surface area contributed by atoms with Crippen LogP contribution in [-0.2, 0) is 16.1 Å². The van der Waals surface area contributed by atoms with Crippen LogP contribution in [0.3, 0.4) is 0 Å². The number of carbonyl (C=O) groups excluding carboxylic acids is 2. The molecule has 2 aromatic carbocycles. The van der Waals surface area contributed by atoms with E-state index in [2.05, 4.69) is 5.32 Å². The molecule has 0 unspecified atom stereocenters. The molecule has 0 spiro atoms. The van der Waals surface area contributed by atoms with Gasteiger partial charge in [0.15, 0.2) is 0 Å². The molecule has 4 nitrogen and oxygen atoms in total. The molecule has 162 valence electrons. The van der Waals surface area contributed by atoms with Crippen molar-refractivity contribution in [3.8, 4) is 0 Å². The fourth-order valence-electron chi connectivity index (χ4n) is 2.88. The first kappa shape index (κ1) is 24.6. The molecule has 0 aliphatic carbocycles. The van der Waals surface area contributed by atoms with Gasteiger partial charge in [0.1, 0.15) is 6.04 Å². The zero-order valence-electron chi connectivity index (χ0n) is 17.7. The number of halogens is 2. The summed E-state index contributed by atoms with van der Waals surface area (Å²) in [4.78, 5) is 28.4. The summed E-state index contributed by atoms with van der Waals surface area (Å²) in [5.74, 6) is 0.303. The molecule has 0 saturated carbocycles. The van der Waals surface area contributed by atoms with Gasteiger partial charge in [-0.3, -0.25) is 9.59 Å². The van der Waals surface area contributed by atoms with Gasteiger partial charge in [-0.25, -0.2) is 0 Å². The summed E-state index contributed by atoms with van der Waals surface area (Å²) in [5, 5.41) is 3.83. The summed E-state index contributed by atoms with van der Waals surface area (Å²) >= 11 is 14.3. The number of carbonyl (C=O) groups is 2. The standard InChI is InChI=1S/C23H28Cl2N2O2S/c1-15(2)26-23(29)17(4)27(14-19-20(24)6-5-7-21(19)25)22(28)12-13-30-18-10-8-16(3)9-11-18/h5-11,15,17H,12-14H2,1-4H3,(H,26,29)/t17-/m0/s1. The Morgan fingerprint density at radius 1 is 1.03 bits per heavy atom. The van der Waals surface area contributed by atoms with Crippen LogP contribution in [0.25, 0.3) is 0 Å². The molecule has 0 aromatic heterocycles. The first-order valence-electron chi connectivity index (χ1n) is 9.91. The second-order valence-corrected chi connectivity index (χ2v) is 9.46. The molecule has 0 bridgehead atoms. The van der Waals surface area contributed by atoms with Gasteiger partial charge in [-0.15, -0.1) is 11.8 Å². The van der Waals surface area contributed by atoms with E-state index in [4.69, 9.17) is 23.2 Å². The Hall–Kier alpha value is -1.69. The molecular formula is C23H28Cl2N2O2S. The van der Waals surface area contributed by atoms with E-state index in [-0.39, 0.29) is 24.4 Å². The van der Waals surface area contributed by atoms with Crippen LogP contribution in [0.15, 0.2) is 47.4 Å². The van der Waals surface area contributed by atoms with Crippen molar-refractivity contribution in [3.05, 3.63) is 63.6 Å². The number of benzene rings is 2. The number of nitrogens with one attached hydrogen (secondary N) is 1. The largest absolute Gasteiger partial charge is 0.352 e. The Balaban J connectivity index is 2.13. The monoisotopic (exact) mass is 466 g/mol. The maximum Gasteiger partial charge on any atom is 0.242 e. The molecule has 2 amide bonds. The van der Waals surface area contributed by atoms with Crippen molar-refractivity contribution in [1.29, 1.82) is 0 Å². The Bertz CT molecular complexity index is 852. The molecule has 30 heavy (non-hydrogen) atoms. The third-order valence-electron chi connectivity index (χ3n) is 4.59. The van der Waals surface area contributed by atoms with Gasteiger partial charge < -0.3 is 10.2 Å². The molecule has 2 aromatic rings. The van der Waals surface area contributed by atoms with Crippen LogP contribution in [-0.4, -0.2) is 34.6 Å². The Morgan fingerprint density at radius 2 is 1.63 bits per heavy atom. The third-order valence-corrected chi connectivity index (χ3v) is 6.32. The normalized spacial score (nSPS) is 12.0. The highest BCUT2D eigenvalue weighted by Crippen LogP contribution is 2.27. The predicted octanol–water partition coefficient (Wildman–Crippen LogP) is 5.73. The lowest BCUT2D eigenvalue weighted by molar-refractivity contribution is -0.140. The highest BCUT2D eigenvalue weighted by Gasteiger charge is 2.27. The molecule has 0 aliphatic rings. The average molecular weight is 467 g/mol. The quantitative estimate of drug-likeness (QED) is 0.480. The van der Waals surface area contributed by atoms with E-state index >= 15 is 0 Å². The minimum absolute atomic E-state index is 0.0158. The van der Waals surface area contributed by atoms with Crippen LogP contribution < -0.4 is 5.32 Å². The van der Waals surface area contributed by atoms with Crippen LogP contribution in [0.1, 0.15) is 38.3 Å². The van der Waals surface area contributed by atoms with Gasteiger partial charge in [0.2, 0.25) is 11.8 Å². The highest BCUT2D eigenvalue weighted by atomic mass is 35.5. The van der Waals surface area contributed by atoms with E-state index in [1.807, 2.05) is 45.0 Å². The van der Waals surface area contributed by atoms with Gasteiger partial charge in [-0.05, 0) is 52.0 Å². The number of nitrogens with zero attached hydrogens (tertiary/aromatic N) is 1. The molecule has 0 saturated heterocycles. The van der Waals surface area contributed by atoms with Crippen LogP contribution in [0.5, 0.6) is 0 Å². The Kier molecular flexibility index (Phi) is 9.53. The van der Waals surface area contributed by atoms with Gasteiger partial charge in [0, 0.05) is 45.3 Å². The van der Waals surface area contributed by atoms with Crippen molar-refractivity contribution in [2.45, 2.75) is 57.6 Å². The SMILES string of the molecule is Cc1ccc(SCCC(=O)N(Cc2c(Cl)cccc2Cl)[C@@H](C)C(=O)NC(C)C)cc1. The maximum absolute atomic E-state index is 13.1. The van der Waals surface area contributed by atoms with E-state index < -0.39 is 6.04 Å². The topological polar surface area (TPSA) is 49.4 Å². The first-order valence-corrected chi connectivity index (χ1v) is 11.7. The zero-order valence-corrected chi connectivity index (χ0v) is 20.1.